The molecule has 61 heavy (non-hydrogen) atoms. The molecule has 0 aliphatic carbocycles. The van der Waals surface area contributed by atoms with E-state index < -0.39 is 33.7 Å². The van der Waals surface area contributed by atoms with E-state index >= 15 is 0 Å². The van der Waals surface area contributed by atoms with Crippen LogP contribution in [0.4, 0.5) is 11.4 Å². The molecule has 18 nitrogen and oxygen atoms in total. The van der Waals surface area contributed by atoms with Gasteiger partial charge in [0.05, 0.1) is 87.1 Å². The minimum Gasteiger partial charge on any atom is -0.493 e. The molecule has 0 bridgehead atoms. The number of nitrogens with two attached hydrogens (primary N) is 2. The first-order valence-corrected chi connectivity index (χ1v) is 20.0. The van der Waals surface area contributed by atoms with E-state index in [4.69, 9.17) is 39.9 Å². The van der Waals surface area contributed by atoms with Gasteiger partial charge in [-0.25, -0.2) is 18.4 Å². The molecule has 2 aliphatic heterocycles. The summed E-state index contributed by atoms with van der Waals surface area (Å²) in [6.45, 7) is 3.44. The monoisotopic (exact) mass is 854 g/mol. The summed E-state index contributed by atoms with van der Waals surface area (Å²) in [6, 6.07) is 16.8. The maximum atomic E-state index is 13.8. The van der Waals surface area contributed by atoms with Crippen molar-refractivity contribution in [3.63, 3.8) is 0 Å². The van der Waals surface area contributed by atoms with Gasteiger partial charge in [0.25, 0.3) is 11.8 Å². The Labute approximate surface area is 352 Å². The molecule has 0 radical (unpaired) electrons. The number of nitrogens with zero attached hydrogens (tertiary/aromatic N) is 2. The molecule has 0 saturated heterocycles. The Morgan fingerprint density at radius 3 is 1.15 bits per heavy atom. The standard InChI is InChI=1S/C42H46N8O10S/c1-21-33(35(49-41(43)45-21)23-17-29(55-3)37(59-7)30(18-23)56-4)39(51)47-25-9-13-27(14-10-25)61(53,54)28-15-11-26(12-16-28)48-40(52)34-22(2)46-42(44)50-36(34)24-19-31(57-5)38(60-8)32(20-24)58-6/h9-22H,1-8H3,(H,47,51)(H,48,52)(H3,43,45,49)(H3,44,46,50). The number of anilines is 2. The zero-order valence-corrected chi connectivity index (χ0v) is 35.4. The van der Waals surface area contributed by atoms with Gasteiger partial charge in [0.1, 0.15) is 0 Å². The number of carbonyl (C=O) groups is 2. The first kappa shape index (κ1) is 43.2. The number of ether oxygens (including phenoxy) is 6. The smallest absolute Gasteiger partial charge is 0.255 e. The Morgan fingerprint density at radius 1 is 0.557 bits per heavy atom. The van der Waals surface area contributed by atoms with Gasteiger partial charge in [-0.3, -0.25) is 9.59 Å². The van der Waals surface area contributed by atoms with Crippen molar-refractivity contribution in [3.8, 4) is 34.5 Å². The Kier molecular flexibility index (Phi) is 12.6. The van der Waals surface area contributed by atoms with Crippen LogP contribution in [0, 0.1) is 0 Å². The highest BCUT2D eigenvalue weighted by molar-refractivity contribution is 7.91. The fourth-order valence-corrected chi connectivity index (χ4v) is 8.16. The van der Waals surface area contributed by atoms with Crippen molar-refractivity contribution in [3.05, 3.63) is 95.1 Å². The molecular weight excluding hydrogens is 809 g/mol. The first-order chi connectivity index (χ1) is 29.2. The predicted octanol–water partition coefficient (Wildman–Crippen LogP) is 3.88. The normalized spacial score (nSPS) is 16.3. The molecule has 0 fully saturated rings. The second kappa shape index (κ2) is 17.8. The summed E-state index contributed by atoms with van der Waals surface area (Å²) in [7, 11) is 4.86. The highest BCUT2D eigenvalue weighted by Gasteiger charge is 2.31. The van der Waals surface area contributed by atoms with Crippen LogP contribution in [0.2, 0.25) is 0 Å². The van der Waals surface area contributed by atoms with Crippen LogP contribution < -0.4 is 61.2 Å². The van der Waals surface area contributed by atoms with Gasteiger partial charge >= 0.3 is 0 Å². The summed E-state index contributed by atoms with van der Waals surface area (Å²) in [4.78, 5) is 36.3. The molecule has 19 heteroatoms. The Morgan fingerprint density at radius 2 is 0.869 bits per heavy atom. The molecule has 2 aliphatic rings. The van der Waals surface area contributed by atoms with Gasteiger partial charge < -0.3 is 61.2 Å². The summed E-state index contributed by atoms with van der Waals surface area (Å²) in [5.41, 5.74) is 15.1. The minimum atomic E-state index is -4.02. The van der Waals surface area contributed by atoms with E-state index in [0.29, 0.717) is 68.4 Å². The van der Waals surface area contributed by atoms with Crippen molar-refractivity contribution in [1.82, 2.24) is 10.6 Å². The summed E-state index contributed by atoms with van der Waals surface area (Å²) < 4.78 is 60.4. The number of methoxy groups -OCH3 is 6. The number of carbonyl (C=O) groups excluding carboxylic acids is 2. The lowest BCUT2D eigenvalue weighted by atomic mass is 9.98. The molecule has 4 aromatic carbocycles. The zero-order valence-electron chi connectivity index (χ0n) is 34.6. The third kappa shape index (κ3) is 8.67. The average molecular weight is 855 g/mol. The second-order valence-electron chi connectivity index (χ2n) is 13.5. The number of guanidine groups is 2. The number of benzene rings is 4. The Balaban J connectivity index is 1.21. The second-order valence-corrected chi connectivity index (χ2v) is 15.4. The average Bonchev–Trinajstić information content (AvgIpc) is 3.24. The largest absolute Gasteiger partial charge is 0.493 e. The molecule has 0 aromatic heterocycles. The highest BCUT2D eigenvalue weighted by atomic mass is 32.2. The Hall–Kier alpha value is -7.41. The van der Waals surface area contributed by atoms with Crippen molar-refractivity contribution in [1.29, 1.82) is 0 Å². The van der Waals surface area contributed by atoms with Crippen LogP contribution in [0.25, 0.3) is 11.4 Å². The number of hydrogen-bond donors (Lipinski definition) is 6. The van der Waals surface area contributed by atoms with Gasteiger partial charge in [-0.05, 0) is 86.6 Å². The molecule has 2 unspecified atom stereocenters. The van der Waals surface area contributed by atoms with Crippen LogP contribution in [0.15, 0.2) is 104 Å². The van der Waals surface area contributed by atoms with E-state index in [-0.39, 0.29) is 32.9 Å². The Bertz CT molecular complexity index is 2380. The summed E-state index contributed by atoms with van der Waals surface area (Å²) >= 11 is 0. The van der Waals surface area contributed by atoms with Crippen LogP contribution in [-0.2, 0) is 19.4 Å². The van der Waals surface area contributed by atoms with Gasteiger partial charge in [0.2, 0.25) is 21.3 Å². The third-order valence-electron chi connectivity index (χ3n) is 9.79. The van der Waals surface area contributed by atoms with Gasteiger partial charge in [-0.1, -0.05) is 0 Å². The number of amides is 2. The van der Waals surface area contributed by atoms with Crippen LogP contribution in [-0.4, -0.2) is 86.9 Å². The molecule has 0 spiro atoms. The lowest BCUT2D eigenvalue weighted by Gasteiger charge is -2.25. The molecule has 0 saturated carbocycles. The molecular formula is C42H46N8O10S. The first-order valence-electron chi connectivity index (χ1n) is 18.5. The number of hydrogen-bond acceptors (Lipinski definition) is 16. The van der Waals surface area contributed by atoms with E-state index in [1.165, 1.54) is 91.2 Å². The molecule has 8 N–H and O–H groups in total. The van der Waals surface area contributed by atoms with E-state index in [0.717, 1.165) is 0 Å². The van der Waals surface area contributed by atoms with Crippen LogP contribution in [0.3, 0.4) is 0 Å². The van der Waals surface area contributed by atoms with E-state index in [9.17, 15) is 18.0 Å². The molecule has 2 heterocycles. The maximum absolute atomic E-state index is 13.8. The summed E-state index contributed by atoms with van der Waals surface area (Å²) in [5, 5.41) is 11.6. The predicted molar refractivity (Wildman–Crippen MR) is 230 cm³/mol. The zero-order chi connectivity index (χ0) is 44.2. The van der Waals surface area contributed by atoms with Crippen molar-refractivity contribution in [2.75, 3.05) is 53.3 Å². The van der Waals surface area contributed by atoms with Gasteiger partial charge in [-0.15, -0.1) is 0 Å². The van der Waals surface area contributed by atoms with Crippen LogP contribution in [0.5, 0.6) is 34.5 Å². The van der Waals surface area contributed by atoms with Crippen molar-refractivity contribution in [2.45, 2.75) is 35.7 Å². The molecule has 6 rings (SSSR count). The molecule has 320 valence electrons. The fraction of sp³-hybridized carbons (Fsp3) is 0.238. The number of sulfone groups is 1. The molecule has 4 aromatic rings. The number of nitrogens with one attached hydrogen (secondary N) is 4. The van der Waals surface area contributed by atoms with E-state index in [1.807, 2.05) is 0 Å². The van der Waals surface area contributed by atoms with E-state index in [2.05, 4.69) is 31.3 Å². The van der Waals surface area contributed by atoms with Crippen LogP contribution in [0.1, 0.15) is 25.0 Å². The van der Waals surface area contributed by atoms with Gasteiger partial charge in [0, 0.05) is 22.5 Å². The molecule has 2 amide bonds. The fourth-order valence-electron chi connectivity index (χ4n) is 6.90. The topological polar surface area (TPSA) is 249 Å². The summed E-state index contributed by atoms with van der Waals surface area (Å²) in [6.07, 6.45) is 0. The van der Waals surface area contributed by atoms with E-state index in [1.54, 1.807) is 38.1 Å². The highest BCUT2D eigenvalue weighted by Crippen LogP contribution is 2.42. The molecule has 2 atom stereocenters. The third-order valence-corrected chi connectivity index (χ3v) is 11.6. The van der Waals surface area contributed by atoms with Crippen molar-refractivity contribution >= 4 is 56.3 Å². The minimum absolute atomic E-state index is 0.0256. The number of aliphatic imine (C=N–C) groups is 2. The van der Waals surface area contributed by atoms with Gasteiger partial charge in [-0.2, -0.15) is 0 Å². The van der Waals surface area contributed by atoms with Crippen molar-refractivity contribution in [2.24, 2.45) is 21.5 Å². The van der Waals surface area contributed by atoms with Crippen LogP contribution >= 0.6 is 0 Å². The summed E-state index contributed by atoms with van der Waals surface area (Å²) in [5.74, 6) is 1.40. The SMILES string of the molecule is COc1cc(C2=C(C(=O)Nc3ccc(S(=O)(=O)c4ccc(NC(=O)C5=C(c6cc(OC)c(OC)c(OC)c6)NC(N)=NC5C)cc4)cc3)C(C)N=C(N)N2)cc(OC)c1OC. The lowest BCUT2D eigenvalue weighted by Crippen LogP contribution is -2.39. The number of rotatable bonds is 14. The quantitative estimate of drug-likeness (QED) is 0.105. The maximum Gasteiger partial charge on any atom is 0.255 e. The van der Waals surface area contributed by atoms with Crippen molar-refractivity contribution < 1.29 is 46.4 Å². The van der Waals surface area contributed by atoms with Gasteiger partial charge in [0.15, 0.2) is 34.9 Å². The lowest BCUT2D eigenvalue weighted by molar-refractivity contribution is -0.113.